The van der Waals surface area contributed by atoms with Gasteiger partial charge in [0.2, 0.25) is 0 Å². The average Bonchev–Trinajstić information content (AvgIpc) is 2.72. The normalized spacial score (nSPS) is 12.6. The van der Waals surface area contributed by atoms with Crippen molar-refractivity contribution in [1.82, 2.24) is 9.78 Å². The summed E-state index contributed by atoms with van der Waals surface area (Å²) in [6.07, 6.45) is 1.58. The summed E-state index contributed by atoms with van der Waals surface area (Å²) in [4.78, 5) is 1.21. The van der Waals surface area contributed by atoms with E-state index in [1.807, 2.05) is 23.9 Å². The number of nitrogens with zero attached hydrogens (tertiary/aromatic N) is 2. The minimum absolute atomic E-state index is 0.0478. The molecule has 0 aliphatic heterocycles. The first-order chi connectivity index (χ1) is 10.0. The molecule has 6 heteroatoms. The monoisotopic (exact) mass is 387 g/mol. The number of rotatable bonds is 6. The second kappa shape index (κ2) is 7.68. The Bertz CT molecular complexity index is 615. The fraction of sp³-hybridized carbons (Fsp3) is 0.400. The summed E-state index contributed by atoms with van der Waals surface area (Å²) in [6, 6.07) is 8.29. The van der Waals surface area contributed by atoms with Gasteiger partial charge in [-0.3, -0.25) is 4.68 Å². The summed E-state index contributed by atoms with van der Waals surface area (Å²) in [5, 5.41) is 5.19. The van der Waals surface area contributed by atoms with Gasteiger partial charge in [0.05, 0.1) is 16.4 Å². The molecule has 1 aromatic carbocycles. The van der Waals surface area contributed by atoms with E-state index in [2.05, 4.69) is 40.1 Å². The van der Waals surface area contributed by atoms with Crippen molar-refractivity contribution >= 4 is 39.3 Å². The fourth-order valence-corrected chi connectivity index (χ4v) is 3.94. The molecule has 0 fully saturated rings. The zero-order valence-corrected chi connectivity index (χ0v) is 15.3. The maximum absolute atomic E-state index is 6.36. The molecule has 1 aromatic heterocycles. The molecule has 0 amide bonds. The molecule has 0 radical (unpaired) electrons. The Morgan fingerprint density at radius 1 is 1.48 bits per heavy atom. The number of thioether (sulfide) groups is 1. The van der Waals surface area contributed by atoms with Gasteiger partial charge in [0.1, 0.15) is 0 Å². The van der Waals surface area contributed by atoms with Gasteiger partial charge in [0.15, 0.2) is 0 Å². The van der Waals surface area contributed by atoms with Crippen LogP contribution in [0.1, 0.15) is 18.3 Å². The van der Waals surface area contributed by atoms with E-state index >= 15 is 0 Å². The second-order valence-electron chi connectivity index (χ2n) is 4.92. The molecule has 2 N–H and O–H groups in total. The predicted molar refractivity (Wildman–Crippen MR) is 94.1 cm³/mol. The zero-order valence-electron chi connectivity index (χ0n) is 12.1. The van der Waals surface area contributed by atoms with Crippen LogP contribution in [0.25, 0.3) is 0 Å². The quantitative estimate of drug-likeness (QED) is 0.759. The summed E-state index contributed by atoms with van der Waals surface area (Å²) in [7, 11) is 1.93. The largest absolute Gasteiger partial charge is 0.327 e. The lowest BCUT2D eigenvalue weighted by Gasteiger charge is -2.12. The number of aromatic nitrogens is 2. The first-order valence-corrected chi connectivity index (χ1v) is 9.01. The SMILES string of the molecule is CCc1nn(C)c(CC(N)CSc2cccc(Br)c2)c1Cl. The van der Waals surface area contributed by atoms with E-state index in [1.165, 1.54) is 4.90 Å². The molecule has 3 nitrogen and oxygen atoms in total. The topological polar surface area (TPSA) is 43.8 Å². The van der Waals surface area contributed by atoms with Gasteiger partial charge < -0.3 is 5.73 Å². The maximum Gasteiger partial charge on any atom is 0.0850 e. The lowest BCUT2D eigenvalue weighted by Crippen LogP contribution is -2.26. The molecule has 114 valence electrons. The van der Waals surface area contributed by atoms with Crippen LogP contribution in [0, 0.1) is 0 Å². The number of hydrogen-bond acceptors (Lipinski definition) is 3. The van der Waals surface area contributed by atoms with E-state index in [9.17, 15) is 0 Å². The van der Waals surface area contributed by atoms with Crippen molar-refractivity contribution in [2.24, 2.45) is 12.8 Å². The van der Waals surface area contributed by atoms with Crippen LogP contribution < -0.4 is 5.73 Å². The van der Waals surface area contributed by atoms with E-state index in [-0.39, 0.29) is 6.04 Å². The molecular formula is C15H19BrClN3S. The number of hydrogen-bond donors (Lipinski definition) is 1. The number of benzene rings is 1. The Morgan fingerprint density at radius 2 is 2.24 bits per heavy atom. The number of halogens is 2. The third-order valence-corrected chi connectivity index (χ3v) is 5.33. The van der Waals surface area contributed by atoms with E-state index in [0.717, 1.165) is 39.5 Å². The van der Waals surface area contributed by atoms with Crippen molar-refractivity contribution in [3.63, 3.8) is 0 Å². The number of nitrogens with two attached hydrogens (primary N) is 1. The van der Waals surface area contributed by atoms with Gasteiger partial charge in [-0.15, -0.1) is 11.8 Å². The molecular weight excluding hydrogens is 370 g/mol. The van der Waals surface area contributed by atoms with Crippen LogP contribution in [0.4, 0.5) is 0 Å². The van der Waals surface area contributed by atoms with Crippen molar-refractivity contribution in [3.8, 4) is 0 Å². The maximum atomic E-state index is 6.36. The molecule has 1 atom stereocenters. The van der Waals surface area contributed by atoms with Crippen molar-refractivity contribution in [3.05, 3.63) is 45.1 Å². The smallest absolute Gasteiger partial charge is 0.0850 e. The fourth-order valence-electron chi connectivity index (χ4n) is 2.11. The minimum atomic E-state index is 0.0478. The molecule has 0 aliphatic rings. The van der Waals surface area contributed by atoms with E-state index in [4.69, 9.17) is 17.3 Å². The molecule has 2 aromatic rings. The molecule has 2 rings (SSSR count). The third-order valence-electron chi connectivity index (χ3n) is 3.22. The highest BCUT2D eigenvalue weighted by Gasteiger charge is 2.16. The highest BCUT2D eigenvalue weighted by molar-refractivity contribution is 9.10. The van der Waals surface area contributed by atoms with Gasteiger partial charge in [-0.2, -0.15) is 5.10 Å². The van der Waals surface area contributed by atoms with Gasteiger partial charge in [0.25, 0.3) is 0 Å². The summed E-state index contributed by atoms with van der Waals surface area (Å²) in [6.45, 7) is 2.06. The highest BCUT2D eigenvalue weighted by atomic mass is 79.9. The molecule has 1 heterocycles. The van der Waals surface area contributed by atoms with Gasteiger partial charge in [-0.25, -0.2) is 0 Å². The predicted octanol–water partition coefficient (Wildman–Crippen LogP) is 4.06. The lowest BCUT2D eigenvalue weighted by atomic mass is 10.2. The minimum Gasteiger partial charge on any atom is -0.327 e. The Hall–Kier alpha value is -0.490. The number of aryl methyl sites for hydroxylation is 2. The molecule has 0 aliphatic carbocycles. The van der Waals surface area contributed by atoms with Crippen LogP contribution in [-0.2, 0) is 19.9 Å². The van der Waals surface area contributed by atoms with Crippen LogP contribution in [0.2, 0.25) is 5.02 Å². The van der Waals surface area contributed by atoms with Crippen molar-refractivity contribution in [1.29, 1.82) is 0 Å². The molecule has 0 saturated heterocycles. The molecule has 0 spiro atoms. The Labute approximate surface area is 143 Å². The third kappa shape index (κ3) is 4.49. The highest BCUT2D eigenvalue weighted by Crippen LogP contribution is 2.25. The molecule has 1 unspecified atom stereocenters. The van der Waals surface area contributed by atoms with Crippen molar-refractivity contribution in [2.45, 2.75) is 30.7 Å². The Balaban J connectivity index is 1.96. The van der Waals surface area contributed by atoms with Crippen molar-refractivity contribution in [2.75, 3.05) is 5.75 Å². The summed E-state index contributed by atoms with van der Waals surface area (Å²) >= 11 is 11.6. The van der Waals surface area contributed by atoms with E-state index in [0.29, 0.717) is 0 Å². The van der Waals surface area contributed by atoms with Crippen LogP contribution >= 0.6 is 39.3 Å². The van der Waals surface area contributed by atoms with Gasteiger partial charge >= 0.3 is 0 Å². The van der Waals surface area contributed by atoms with Crippen LogP contribution in [0.3, 0.4) is 0 Å². The summed E-state index contributed by atoms with van der Waals surface area (Å²) in [5.74, 6) is 0.847. The first kappa shape index (κ1) is 16.9. The van der Waals surface area contributed by atoms with E-state index < -0.39 is 0 Å². The standard InChI is InChI=1S/C15H19BrClN3S/c1-3-13-15(17)14(20(2)19-13)8-11(18)9-21-12-6-4-5-10(16)7-12/h4-7,11H,3,8-9,18H2,1-2H3. The second-order valence-corrected chi connectivity index (χ2v) is 7.30. The van der Waals surface area contributed by atoms with Crippen LogP contribution in [0.15, 0.2) is 33.6 Å². The first-order valence-electron chi connectivity index (χ1n) is 6.85. The Kier molecular flexibility index (Phi) is 6.17. The van der Waals surface area contributed by atoms with Gasteiger partial charge in [0, 0.05) is 34.6 Å². The Morgan fingerprint density at radius 3 is 2.86 bits per heavy atom. The summed E-state index contributed by atoms with van der Waals surface area (Å²) in [5.41, 5.74) is 8.22. The molecule has 21 heavy (non-hydrogen) atoms. The lowest BCUT2D eigenvalue weighted by molar-refractivity contribution is 0.650. The summed E-state index contributed by atoms with van der Waals surface area (Å²) < 4.78 is 2.94. The van der Waals surface area contributed by atoms with Gasteiger partial charge in [-0.1, -0.05) is 40.5 Å². The molecule has 0 saturated carbocycles. The van der Waals surface area contributed by atoms with Crippen LogP contribution in [-0.4, -0.2) is 21.6 Å². The van der Waals surface area contributed by atoms with Gasteiger partial charge in [-0.05, 0) is 24.6 Å². The van der Waals surface area contributed by atoms with Crippen molar-refractivity contribution < 1.29 is 0 Å². The molecule has 0 bridgehead atoms. The van der Waals surface area contributed by atoms with Crippen LogP contribution in [0.5, 0.6) is 0 Å². The average molecular weight is 389 g/mol. The van der Waals surface area contributed by atoms with E-state index in [1.54, 1.807) is 11.8 Å². The zero-order chi connectivity index (χ0) is 15.4.